The number of rotatable bonds is 2. The molecule has 0 bridgehead atoms. The summed E-state index contributed by atoms with van der Waals surface area (Å²) in [5.41, 5.74) is 1.16. The largest absolute Gasteiger partial charge is 0.331 e. The average molecular weight is 280 g/mol. The number of allylic oxidation sites excluding steroid dienone is 1. The van der Waals surface area contributed by atoms with Crippen LogP contribution < -0.4 is 5.32 Å². The number of nitrogens with one attached hydrogen (secondary N) is 1. The minimum absolute atomic E-state index is 0.0149. The van der Waals surface area contributed by atoms with E-state index in [1.807, 2.05) is 37.4 Å². The van der Waals surface area contributed by atoms with Gasteiger partial charge in [0, 0.05) is 12.7 Å². The summed E-state index contributed by atoms with van der Waals surface area (Å²) in [7, 11) is 0. The highest BCUT2D eigenvalue weighted by Crippen LogP contribution is 2.24. The molecule has 0 fully saturated rings. The van der Waals surface area contributed by atoms with Gasteiger partial charge in [0.15, 0.2) is 0 Å². The fourth-order valence-electron chi connectivity index (χ4n) is 2.80. The highest BCUT2D eigenvalue weighted by atomic mass is 16.2. The molecule has 1 aliphatic rings. The van der Waals surface area contributed by atoms with Crippen molar-refractivity contribution in [3.05, 3.63) is 60.3 Å². The van der Waals surface area contributed by atoms with Crippen LogP contribution in [0.15, 0.2) is 54.7 Å². The lowest BCUT2D eigenvalue weighted by Gasteiger charge is -2.24. The van der Waals surface area contributed by atoms with Crippen LogP contribution in [0.1, 0.15) is 31.4 Å². The molecule has 3 nitrogen and oxygen atoms in total. The van der Waals surface area contributed by atoms with Crippen LogP contribution in [0.5, 0.6) is 0 Å². The molecule has 0 radical (unpaired) electrons. The molecule has 108 valence electrons. The van der Waals surface area contributed by atoms with Crippen LogP contribution in [0.4, 0.5) is 4.79 Å². The number of hydrogen-bond acceptors (Lipinski definition) is 1. The van der Waals surface area contributed by atoms with Gasteiger partial charge in [-0.15, -0.1) is 0 Å². The normalized spacial score (nSPS) is 16.0. The van der Waals surface area contributed by atoms with E-state index in [0.29, 0.717) is 0 Å². The molecule has 0 spiro atoms. The Hall–Kier alpha value is -2.29. The zero-order chi connectivity index (χ0) is 14.7. The van der Waals surface area contributed by atoms with E-state index in [0.717, 1.165) is 24.9 Å². The third-order valence-corrected chi connectivity index (χ3v) is 3.95. The van der Waals surface area contributed by atoms with Crippen LogP contribution in [-0.4, -0.2) is 17.5 Å². The van der Waals surface area contributed by atoms with E-state index in [9.17, 15) is 4.79 Å². The van der Waals surface area contributed by atoms with Gasteiger partial charge < -0.3 is 10.2 Å². The van der Waals surface area contributed by atoms with Gasteiger partial charge in [0.2, 0.25) is 0 Å². The molecule has 2 amide bonds. The number of fused-ring (bicyclic) bond motifs is 1. The highest BCUT2D eigenvalue weighted by molar-refractivity contribution is 5.86. The summed E-state index contributed by atoms with van der Waals surface area (Å²) in [5.74, 6) is 0. The van der Waals surface area contributed by atoms with Crippen LogP contribution in [0.2, 0.25) is 0 Å². The number of benzene rings is 2. The monoisotopic (exact) mass is 280 g/mol. The second-order valence-electron chi connectivity index (χ2n) is 5.46. The van der Waals surface area contributed by atoms with Gasteiger partial charge in [0.25, 0.3) is 0 Å². The molecular formula is C18H20N2O. The summed E-state index contributed by atoms with van der Waals surface area (Å²) in [4.78, 5) is 14.0. The predicted molar refractivity (Wildman–Crippen MR) is 86.0 cm³/mol. The van der Waals surface area contributed by atoms with Gasteiger partial charge in [-0.2, -0.15) is 0 Å². The van der Waals surface area contributed by atoms with E-state index in [1.165, 1.54) is 10.8 Å². The highest BCUT2D eigenvalue weighted by Gasteiger charge is 2.17. The van der Waals surface area contributed by atoms with Gasteiger partial charge in [-0.1, -0.05) is 48.5 Å². The summed E-state index contributed by atoms with van der Waals surface area (Å²) in [5, 5.41) is 5.49. The molecule has 2 aromatic carbocycles. The van der Waals surface area contributed by atoms with Gasteiger partial charge >= 0.3 is 6.03 Å². The number of hydrogen-bond donors (Lipinski definition) is 1. The lowest BCUT2D eigenvalue weighted by Crippen LogP contribution is -2.39. The third-order valence-electron chi connectivity index (χ3n) is 3.95. The van der Waals surface area contributed by atoms with Crippen molar-refractivity contribution in [2.24, 2.45) is 0 Å². The molecule has 0 saturated heterocycles. The van der Waals surface area contributed by atoms with Crippen LogP contribution in [0, 0.1) is 0 Å². The number of carbonyl (C=O) groups is 1. The Balaban J connectivity index is 1.80. The quantitative estimate of drug-likeness (QED) is 0.877. The molecule has 1 N–H and O–H groups in total. The van der Waals surface area contributed by atoms with Crippen LogP contribution in [0.3, 0.4) is 0 Å². The number of nitrogens with zero attached hydrogens (tertiary/aromatic N) is 1. The molecule has 0 aliphatic carbocycles. The fraction of sp³-hybridized carbons (Fsp3) is 0.278. The lowest BCUT2D eigenvalue weighted by atomic mass is 10.00. The number of urea groups is 1. The summed E-state index contributed by atoms with van der Waals surface area (Å²) in [6, 6.07) is 14.5. The SMILES string of the molecule is C[C@H](NC(=O)N1C=CCCC1)c1cccc2ccccc12. The van der Waals surface area contributed by atoms with Crippen molar-refractivity contribution in [3.63, 3.8) is 0 Å². The van der Waals surface area contributed by atoms with Crippen LogP contribution >= 0.6 is 0 Å². The molecule has 0 saturated carbocycles. The molecular weight excluding hydrogens is 260 g/mol. The smallest absolute Gasteiger partial charge is 0.321 e. The standard InChI is InChI=1S/C18H20N2O/c1-14(19-18(21)20-12-5-2-6-13-20)16-11-7-9-15-8-3-4-10-17(15)16/h3-5,7-12,14H,2,6,13H2,1H3,(H,19,21)/t14-/m0/s1. The molecule has 0 aromatic heterocycles. The minimum atomic E-state index is -0.0219. The van der Waals surface area contributed by atoms with E-state index in [2.05, 4.69) is 29.6 Å². The summed E-state index contributed by atoms with van der Waals surface area (Å²) in [6.45, 7) is 2.83. The van der Waals surface area contributed by atoms with E-state index in [-0.39, 0.29) is 12.1 Å². The fourth-order valence-corrected chi connectivity index (χ4v) is 2.80. The summed E-state index contributed by atoms with van der Waals surface area (Å²) < 4.78 is 0. The first-order chi connectivity index (χ1) is 10.3. The number of amides is 2. The minimum Gasteiger partial charge on any atom is -0.331 e. The molecule has 1 aliphatic heterocycles. The third kappa shape index (κ3) is 2.92. The maximum atomic E-state index is 12.3. The van der Waals surface area contributed by atoms with Crippen molar-refractivity contribution in [1.82, 2.24) is 10.2 Å². The topological polar surface area (TPSA) is 32.3 Å². The molecule has 0 unspecified atom stereocenters. The lowest BCUT2D eigenvalue weighted by molar-refractivity contribution is 0.210. The average Bonchev–Trinajstić information content (AvgIpc) is 2.55. The Kier molecular flexibility index (Phi) is 3.91. The molecule has 1 atom stereocenters. The van der Waals surface area contributed by atoms with Crippen LogP contribution in [0.25, 0.3) is 10.8 Å². The summed E-state index contributed by atoms with van der Waals surface area (Å²) in [6.07, 6.45) is 6.02. The van der Waals surface area contributed by atoms with Crippen molar-refractivity contribution in [3.8, 4) is 0 Å². The molecule has 1 heterocycles. The van der Waals surface area contributed by atoms with Gasteiger partial charge in [-0.25, -0.2) is 4.79 Å². The van der Waals surface area contributed by atoms with Gasteiger partial charge in [0.05, 0.1) is 6.04 Å². The maximum absolute atomic E-state index is 12.3. The zero-order valence-electron chi connectivity index (χ0n) is 12.3. The van der Waals surface area contributed by atoms with E-state index < -0.39 is 0 Å². The van der Waals surface area contributed by atoms with Crippen molar-refractivity contribution < 1.29 is 4.79 Å². The Bertz CT molecular complexity index is 672. The molecule has 3 rings (SSSR count). The first-order valence-electron chi connectivity index (χ1n) is 7.47. The second kappa shape index (κ2) is 6.00. The first-order valence-corrected chi connectivity index (χ1v) is 7.47. The van der Waals surface area contributed by atoms with Gasteiger partial charge in [-0.3, -0.25) is 0 Å². The second-order valence-corrected chi connectivity index (χ2v) is 5.46. The van der Waals surface area contributed by atoms with Crippen molar-refractivity contribution in [1.29, 1.82) is 0 Å². The molecule has 2 aromatic rings. The molecule has 3 heteroatoms. The van der Waals surface area contributed by atoms with E-state index >= 15 is 0 Å². The van der Waals surface area contributed by atoms with E-state index in [4.69, 9.17) is 0 Å². The van der Waals surface area contributed by atoms with Crippen molar-refractivity contribution in [2.75, 3.05) is 6.54 Å². The Morgan fingerprint density at radius 3 is 2.81 bits per heavy atom. The van der Waals surface area contributed by atoms with Crippen molar-refractivity contribution >= 4 is 16.8 Å². The number of carbonyl (C=O) groups excluding carboxylic acids is 1. The Morgan fingerprint density at radius 2 is 2.00 bits per heavy atom. The van der Waals surface area contributed by atoms with E-state index in [1.54, 1.807) is 4.90 Å². The Labute approximate surface area is 125 Å². The first kappa shape index (κ1) is 13.7. The van der Waals surface area contributed by atoms with Crippen molar-refractivity contribution in [2.45, 2.75) is 25.8 Å². The molecule has 21 heavy (non-hydrogen) atoms. The van der Waals surface area contributed by atoms with Crippen LogP contribution in [-0.2, 0) is 0 Å². The zero-order valence-corrected chi connectivity index (χ0v) is 12.3. The predicted octanol–water partition coefficient (Wildman–Crippen LogP) is 4.22. The van der Waals surface area contributed by atoms with Gasteiger partial charge in [0.1, 0.15) is 0 Å². The summed E-state index contributed by atoms with van der Waals surface area (Å²) >= 11 is 0. The maximum Gasteiger partial charge on any atom is 0.321 e. The Morgan fingerprint density at radius 1 is 1.19 bits per heavy atom. The van der Waals surface area contributed by atoms with Gasteiger partial charge in [-0.05, 0) is 36.1 Å².